The third-order valence-electron chi connectivity index (χ3n) is 2.76. The van der Waals surface area contributed by atoms with E-state index in [2.05, 4.69) is 0 Å². The molecule has 0 aliphatic heterocycles. The molecule has 0 atom stereocenters. The Kier molecular flexibility index (Phi) is 3.97. The van der Waals surface area contributed by atoms with Crippen molar-refractivity contribution in [3.05, 3.63) is 44.5 Å². The average Bonchev–Trinajstić information content (AvgIpc) is 3.04. The molecule has 0 aliphatic rings. The lowest BCUT2D eigenvalue weighted by atomic mass is 10.2. The van der Waals surface area contributed by atoms with Crippen LogP contribution in [0.1, 0.15) is 0 Å². The summed E-state index contributed by atoms with van der Waals surface area (Å²) in [6.07, 6.45) is 0. The Bertz CT molecular complexity index is 920. The molecule has 0 fully saturated rings. The summed E-state index contributed by atoms with van der Waals surface area (Å²) in [6.45, 7) is 0. The minimum Gasteiger partial charge on any atom is -0.202 e. The van der Waals surface area contributed by atoms with Crippen molar-refractivity contribution in [2.45, 2.75) is 0 Å². The number of hydrogen-bond acceptors (Lipinski definition) is 3. The first-order valence-electron chi connectivity index (χ1n) is 5.49. The molecular weight excluding hydrogens is 392 g/mol. The Labute approximate surface area is 134 Å². The average molecular weight is 392 g/mol. The van der Waals surface area contributed by atoms with Crippen molar-refractivity contribution >= 4 is 34.0 Å². The monoisotopic (exact) mass is 392 g/mol. The molecule has 0 bridgehead atoms. The van der Waals surface area contributed by atoms with E-state index in [1.165, 1.54) is 0 Å². The van der Waals surface area contributed by atoms with Gasteiger partial charge in [-0.25, -0.2) is 13.2 Å². The molecule has 23 heavy (non-hydrogen) atoms. The molecule has 0 N–H and O–H groups in total. The van der Waals surface area contributed by atoms with Gasteiger partial charge in [-0.05, 0) is 0 Å². The van der Waals surface area contributed by atoms with Gasteiger partial charge in [0.25, 0.3) is 0 Å². The summed E-state index contributed by atoms with van der Waals surface area (Å²) in [5.74, 6) is -9.00. The zero-order valence-corrected chi connectivity index (χ0v) is 12.7. The van der Waals surface area contributed by atoms with Crippen LogP contribution in [0.25, 0.3) is 20.2 Å². The fourth-order valence-electron chi connectivity index (χ4n) is 1.78. The van der Waals surface area contributed by atoms with E-state index >= 15 is 0 Å². The maximum absolute atomic E-state index is 13.9. The zero-order chi connectivity index (χ0) is 17.0. The van der Waals surface area contributed by atoms with E-state index in [1.807, 2.05) is 0 Å². The highest BCUT2D eigenvalue weighted by molar-refractivity contribution is 7.22. The molecule has 3 heterocycles. The van der Waals surface area contributed by atoms with Crippen molar-refractivity contribution < 1.29 is 35.1 Å². The molecule has 0 nitrogen and oxygen atoms in total. The fraction of sp³-hybridized carbons (Fsp3) is 0. The quantitative estimate of drug-likeness (QED) is 0.448. The van der Waals surface area contributed by atoms with Crippen LogP contribution < -0.4 is 0 Å². The number of rotatable bonds is 2. The molecule has 0 saturated heterocycles. The zero-order valence-electron chi connectivity index (χ0n) is 10.2. The molecule has 0 amide bonds. The van der Waals surface area contributed by atoms with E-state index in [1.54, 1.807) is 0 Å². The van der Waals surface area contributed by atoms with Gasteiger partial charge in [-0.2, -0.15) is 22.0 Å². The summed E-state index contributed by atoms with van der Waals surface area (Å²) in [5, 5.41) is -4.75. The van der Waals surface area contributed by atoms with Crippen LogP contribution in [-0.2, 0) is 0 Å². The van der Waals surface area contributed by atoms with Crippen LogP contribution in [0, 0.1) is 44.5 Å². The molecule has 0 spiro atoms. The van der Waals surface area contributed by atoms with Crippen molar-refractivity contribution in [3.8, 4) is 20.2 Å². The third kappa shape index (κ3) is 2.37. The summed E-state index contributed by atoms with van der Waals surface area (Å²) in [5.41, 5.74) is -0.988. The first-order valence-corrected chi connectivity index (χ1v) is 7.94. The Morgan fingerprint density at radius 1 is 0.391 bits per heavy atom. The second kappa shape index (κ2) is 5.56. The standard InChI is InChI=1S/C12F8S3/c13-2-1(7-3(14)5(16)11(19)21-7)8(22-10(2)18)9-4(15)6(17)12(20)23-9. The predicted octanol–water partition coefficient (Wildman–Crippen LogP) is 6.32. The van der Waals surface area contributed by atoms with E-state index in [0.717, 1.165) is 0 Å². The van der Waals surface area contributed by atoms with Crippen molar-refractivity contribution in [1.82, 2.24) is 0 Å². The highest BCUT2D eigenvalue weighted by atomic mass is 32.1. The normalized spacial score (nSPS) is 11.5. The van der Waals surface area contributed by atoms with E-state index in [4.69, 9.17) is 0 Å². The molecule has 3 rings (SSSR count). The number of halogens is 8. The smallest absolute Gasteiger partial charge is 0.202 e. The highest BCUT2D eigenvalue weighted by Gasteiger charge is 2.32. The Hall–Kier alpha value is -1.46. The summed E-state index contributed by atoms with van der Waals surface area (Å²) < 4.78 is 107. The SMILES string of the molecule is Fc1sc(-c2sc(F)c(F)c2-c2sc(F)c(F)c2F)c(F)c1F. The van der Waals surface area contributed by atoms with Gasteiger partial charge in [-0.3, -0.25) is 0 Å². The van der Waals surface area contributed by atoms with E-state index in [0.29, 0.717) is 0 Å². The topological polar surface area (TPSA) is 0 Å². The summed E-state index contributed by atoms with van der Waals surface area (Å²) in [4.78, 5) is -2.51. The van der Waals surface area contributed by atoms with Crippen LogP contribution in [0.2, 0.25) is 0 Å². The van der Waals surface area contributed by atoms with Crippen molar-refractivity contribution in [1.29, 1.82) is 0 Å². The van der Waals surface area contributed by atoms with Gasteiger partial charge in [0, 0.05) is 0 Å². The number of hydrogen-bond donors (Lipinski definition) is 0. The summed E-state index contributed by atoms with van der Waals surface area (Å²) in [7, 11) is 0. The minimum absolute atomic E-state index is 0.0605. The van der Waals surface area contributed by atoms with E-state index < -0.39 is 64.7 Å². The van der Waals surface area contributed by atoms with Crippen LogP contribution in [0.5, 0.6) is 0 Å². The molecule has 3 aromatic heterocycles. The Balaban J connectivity index is 2.34. The summed E-state index contributed by atoms with van der Waals surface area (Å²) >= 11 is -0.338. The maximum Gasteiger partial charge on any atom is 0.216 e. The molecule has 0 aliphatic carbocycles. The molecule has 0 saturated carbocycles. The van der Waals surface area contributed by atoms with E-state index in [9.17, 15) is 35.1 Å². The lowest BCUT2D eigenvalue weighted by Crippen LogP contribution is -1.86. The van der Waals surface area contributed by atoms with Gasteiger partial charge in [-0.1, -0.05) is 22.7 Å². The molecule has 3 aromatic rings. The lowest BCUT2D eigenvalue weighted by molar-refractivity contribution is 0.467. The largest absolute Gasteiger partial charge is 0.216 e. The molecular formula is C12F8S3. The van der Waals surface area contributed by atoms with Crippen LogP contribution in [0.4, 0.5) is 35.1 Å². The fourth-order valence-corrected chi connectivity index (χ4v) is 4.51. The summed E-state index contributed by atoms with van der Waals surface area (Å²) in [6, 6.07) is 0. The van der Waals surface area contributed by atoms with Crippen molar-refractivity contribution in [2.24, 2.45) is 0 Å². The van der Waals surface area contributed by atoms with Crippen LogP contribution in [-0.4, -0.2) is 0 Å². The van der Waals surface area contributed by atoms with Gasteiger partial charge in [0.2, 0.25) is 27.0 Å². The first-order chi connectivity index (χ1) is 10.7. The van der Waals surface area contributed by atoms with Crippen molar-refractivity contribution in [2.75, 3.05) is 0 Å². The van der Waals surface area contributed by atoms with Crippen LogP contribution in [0.3, 0.4) is 0 Å². The lowest BCUT2D eigenvalue weighted by Gasteiger charge is -2.00. The molecule has 11 heteroatoms. The first kappa shape index (κ1) is 16.4. The molecule has 0 radical (unpaired) electrons. The van der Waals surface area contributed by atoms with Gasteiger partial charge < -0.3 is 0 Å². The molecule has 0 aromatic carbocycles. The van der Waals surface area contributed by atoms with Crippen LogP contribution in [0.15, 0.2) is 0 Å². The second-order valence-electron chi connectivity index (χ2n) is 4.06. The van der Waals surface area contributed by atoms with Gasteiger partial charge in [0.15, 0.2) is 17.5 Å². The third-order valence-corrected chi connectivity index (χ3v) is 5.75. The second-order valence-corrected chi connectivity index (χ2v) is 6.97. The van der Waals surface area contributed by atoms with Gasteiger partial charge in [-0.15, -0.1) is 11.3 Å². The predicted molar refractivity (Wildman–Crippen MR) is 70.6 cm³/mol. The van der Waals surface area contributed by atoms with Gasteiger partial charge in [0.05, 0.1) is 20.2 Å². The minimum atomic E-state index is -1.91. The van der Waals surface area contributed by atoms with Crippen LogP contribution >= 0.6 is 34.0 Å². The molecule has 122 valence electrons. The molecule has 0 unspecified atom stereocenters. The van der Waals surface area contributed by atoms with Gasteiger partial charge in [0.1, 0.15) is 0 Å². The highest BCUT2D eigenvalue weighted by Crippen LogP contribution is 2.48. The van der Waals surface area contributed by atoms with Gasteiger partial charge >= 0.3 is 0 Å². The maximum atomic E-state index is 13.9. The van der Waals surface area contributed by atoms with Crippen molar-refractivity contribution in [3.63, 3.8) is 0 Å². The Morgan fingerprint density at radius 2 is 0.783 bits per heavy atom. The Morgan fingerprint density at radius 3 is 1.22 bits per heavy atom. The van der Waals surface area contributed by atoms with E-state index in [-0.39, 0.29) is 34.0 Å². The number of thiophene rings is 3.